The molecule has 0 aliphatic heterocycles. The second-order valence-corrected chi connectivity index (χ2v) is 9.39. The normalized spacial score (nSPS) is 12.1. The topological polar surface area (TPSA) is 76.1 Å². The number of ether oxygens (including phenoxy) is 1. The molecule has 0 atom stereocenters. The molecule has 2 aromatic heterocycles. The van der Waals surface area contributed by atoms with Gasteiger partial charge in [-0.3, -0.25) is 4.79 Å². The van der Waals surface area contributed by atoms with Crippen LogP contribution in [-0.2, 0) is 11.2 Å². The van der Waals surface area contributed by atoms with Crippen LogP contribution in [0, 0.1) is 12.8 Å². The number of pyridine rings is 1. The van der Waals surface area contributed by atoms with Crippen LogP contribution in [0.2, 0.25) is 0 Å². The Morgan fingerprint density at radius 3 is 2.67 bits per heavy atom. The molecule has 1 amide bonds. The fraction of sp³-hybridized carbons (Fsp3) is 0.269. The first-order valence-corrected chi connectivity index (χ1v) is 11.7. The van der Waals surface area contributed by atoms with Gasteiger partial charge in [0.15, 0.2) is 5.13 Å². The highest BCUT2D eigenvalue weighted by molar-refractivity contribution is 7.16. The Labute approximate surface area is 199 Å². The van der Waals surface area contributed by atoms with Crippen molar-refractivity contribution in [3.05, 3.63) is 76.6 Å². The summed E-state index contributed by atoms with van der Waals surface area (Å²) in [4.78, 5) is 21.1. The molecule has 4 rings (SSSR count). The number of aryl methyl sites for hydroxylation is 1. The number of hydrogen-bond donors (Lipinski definition) is 2. The Balaban J connectivity index is 0.000000709. The standard InChI is InChI=1S/C22H20N4O2S.C4H10/c1-14-4-3-5-16(12-14)25-22-26-19-8-6-17(7-9-20(19)29-22)28-18-10-11-23-21(13-18)24-15(2)27;1-4(2)3/h3-7,9-13H,8H2,1-2H3,(H,25,26)(H,23,24,27);4H,1-3H3. The average Bonchev–Trinajstić information content (AvgIpc) is 3.01. The van der Waals surface area contributed by atoms with Gasteiger partial charge in [0.1, 0.15) is 17.3 Å². The number of aromatic nitrogens is 2. The third-order valence-corrected chi connectivity index (χ3v) is 5.14. The van der Waals surface area contributed by atoms with Crippen LogP contribution in [0.15, 0.2) is 60.5 Å². The van der Waals surface area contributed by atoms with Gasteiger partial charge in [-0.05, 0) is 54.8 Å². The van der Waals surface area contributed by atoms with Gasteiger partial charge in [-0.15, -0.1) is 0 Å². The Kier molecular flexibility index (Phi) is 8.38. The number of nitrogens with zero attached hydrogens (tertiary/aromatic N) is 2. The monoisotopic (exact) mass is 462 g/mol. The third-order valence-electron chi connectivity index (χ3n) is 4.16. The van der Waals surface area contributed by atoms with Gasteiger partial charge >= 0.3 is 0 Å². The molecular weight excluding hydrogens is 432 g/mol. The van der Waals surface area contributed by atoms with E-state index in [1.807, 2.05) is 30.4 Å². The van der Waals surface area contributed by atoms with Crippen LogP contribution < -0.4 is 15.4 Å². The van der Waals surface area contributed by atoms with Gasteiger partial charge in [-0.2, -0.15) is 0 Å². The third kappa shape index (κ3) is 7.88. The molecule has 1 aromatic carbocycles. The van der Waals surface area contributed by atoms with Gasteiger partial charge in [0.05, 0.1) is 10.6 Å². The number of benzene rings is 1. The Morgan fingerprint density at radius 1 is 1.15 bits per heavy atom. The van der Waals surface area contributed by atoms with Crippen LogP contribution in [-0.4, -0.2) is 15.9 Å². The highest BCUT2D eigenvalue weighted by Gasteiger charge is 2.12. The molecule has 2 heterocycles. The van der Waals surface area contributed by atoms with Crippen LogP contribution in [0.4, 0.5) is 16.6 Å². The van der Waals surface area contributed by atoms with Gasteiger partial charge in [0.2, 0.25) is 5.91 Å². The molecule has 2 N–H and O–H groups in total. The molecule has 172 valence electrons. The highest BCUT2D eigenvalue weighted by atomic mass is 32.1. The lowest BCUT2D eigenvalue weighted by molar-refractivity contribution is -0.114. The summed E-state index contributed by atoms with van der Waals surface area (Å²) in [6, 6.07) is 11.7. The van der Waals surface area contributed by atoms with Crippen molar-refractivity contribution in [2.24, 2.45) is 5.92 Å². The van der Waals surface area contributed by atoms with E-state index in [0.29, 0.717) is 18.0 Å². The van der Waals surface area contributed by atoms with Crippen LogP contribution in [0.5, 0.6) is 5.75 Å². The second kappa shape index (κ2) is 11.4. The molecule has 3 aromatic rings. The van der Waals surface area contributed by atoms with Gasteiger partial charge in [0.25, 0.3) is 0 Å². The molecule has 0 saturated carbocycles. The van der Waals surface area contributed by atoms with Crippen LogP contribution in [0.1, 0.15) is 43.8 Å². The largest absolute Gasteiger partial charge is 0.458 e. The number of carbonyl (C=O) groups is 1. The fourth-order valence-electron chi connectivity index (χ4n) is 2.90. The molecule has 0 saturated heterocycles. The first kappa shape index (κ1) is 24.2. The number of carbonyl (C=O) groups excluding carboxylic acids is 1. The number of rotatable bonds is 5. The number of fused-ring (bicyclic) bond motifs is 1. The van der Waals surface area contributed by atoms with E-state index in [1.54, 1.807) is 29.7 Å². The summed E-state index contributed by atoms with van der Waals surface area (Å²) >= 11 is 1.61. The van der Waals surface area contributed by atoms with Crippen molar-refractivity contribution in [2.75, 3.05) is 10.6 Å². The fourth-order valence-corrected chi connectivity index (χ4v) is 3.81. The minimum absolute atomic E-state index is 0.172. The van der Waals surface area contributed by atoms with Crippen molar-refractivity contribution < 1.29 is 9.53 Å². The van der Waals surface area contributed by atoms with Gasteiger partial charge < -0.3 is 15.4 Å². The lowest BCUT2D eigenvalue weighted by Crippen LogP contribution is -2.07. The van der Waals surface area contributed by atoms with Gasteiger partial charge in [-0.1, -0.05) is 44.2 Å². The van der Waals surface area contributed by atoms with E-state index in [0.717, 1.165) is 33.1 Å². The van der Waals surface area contributed by atoms with Gasteiger partial charge in [-0.25, -0.2) is 9.97 Å². The minimum Gasteiger partial charge on any atom is -0.458 e. The summed E-state index contributed by atoms with van der Waals surface area (Å²) < 4.78 is 5.94. The first-order valence-electron chi connectivity index (χ1n) is 10.9. The van der Waals surface area contributed by atoms with Crippen molar-refractivity contribution in [3.63, 3.8) is 0 Å². The maximum Gasteiger partial charge on any atom is 0.222 e. The van der Waals surface area contributed by atoms with E-state index in [4.69, 9.17) is 9.72 Å². The zero-order valence-electron chi connectivity index (χ0n) is 19.7. The molecule has 0 radical (unpaired) electrons. The molecule has 0 fully saturated rings. The molecule has 0 spiro atoms. The zero-order valence-corrected chi connectivity index (χ0v) is 20.5. The SMILES string of the molecule is CC(=O)Nc1cc(OC2=CCc3nc(Nc4cccc(C)c4)sc3C=C2)ccn1.CC(C)C. The van der Waals surface area contributed by atoms with Crippen LogP contribution in [0.25, 0.3) is 6.08 Å². The molecule has 0 bridgehead atoms. The summed E-state index contributed by atoms with van der Waals surface area (Å²) in [5, 5.41) is 6.90. The molecule has 33 heavy (non-hydrogen) atoms. The smallest absolute Gasteiger partial charge is 0.222 e. The molecule has 0 unspecified atom stereocenters. The summed E-state index contributed by atoms with van der Waals surface area (Å²) in [6.07, 6.45) is 8.22. The number of anilines is 3. The average molecular weight is 463 g/mol. The van der Waals surface area contributed by atoms with Gasteiger partial charge in [0, 0.05) is 31.3 Å². The number of allylic oxidation sites excluding steroid dienone is 2. The molecule has 1 aliphatic rings. The summed E-state index contributed by atoms with van der Waals surface area (Å²) in [6.45, 7) is 10.0. The Morgan fingerprint density at radius 2 is 1.94 bits per heavy atom. The van der Waals surface area contributed by atoms with Crippen molar-refractivity contribution in [3.8, 4) is 5.75 Å². The molecular formula is C26H30N4O2S. The van der Waals surface area contributed by atoms with E-state index in [1.165, 1.54) is 12.5 Å². The minimum atomic E-state index is -0.172. The molecule has 6 nitrogen and oxygen atoms in total. The molecule has 1 aliphatic carbocycles. The number of thiazole rings is 1. The predicted molar refractivity (Wildman–Crippen MR) is 137 cm³/mol. The predicted octanol–water partition coefficient (Wildman–Crippen LogP) is 6.74. The van der Waals surface area contributed by atoms with Crippen molar-refractivity contribution in [2.45, 2.75) is 41.0 Å². The summed E-state index contributed by atoms with van der Waals surface area (Å²) in [5.74, 6) is 2.46. The highest BCUT2D eigenvalue weighted by Crippen LogP contribution is 2.30. The first-order chi connectivity index (χ1) is 15.8. The lowest BCUT2D eigenvalue weighted by atomic mass is 10.2. The van der Waals surface area contributed by atoms with Crippen LogP contribution >= 0.6 is 11.3 Å². The van der Waals surface area contributed by atoms with E-state index < -0.39 is 0 Å². The van der Waals surface area contributed by atoms with Crippen molar-refractivity contribution in [1.82, 2.24) is 9.97 Å². The second-order valence-electron chi connectivity index (χ2n) is 8.36. The van der Waals surface area contributed by atoms with E-state index >= 15 is 0 Å². The Hall–Kier alpha value is -3.45. The lowest BCUT2D eigenvalue weighted by Gasteiger charge is -2.07. The molecule has 7 heteroatoms. The summed E-state index contributed by atoms with van der Waals surface area (Å²) in [7, 11) is 0. The summed E-state index contributed by atoms with van der Waals surface area (Å²) in [5.41, 5.74) is 3.24. The number of hydrogen-bond acceptors (Lipinski definition) is 6. The number of amides is 1. The van der Waals surface area contributed by atoms with E-state index in [9.17, 15) is 4.79 Å². The quantitative estimate of drug-likeness (QED) is 0.439. The van der Waals surface area contributed by atoms with Crippen molar-refractivity contribution >= 4 is 40.0 Å². The number of nitrogens with one attached hydrogen (secondary N) is 2. The maximum absolute atomic E-state index is 11.2. The Bertz CT molecular complexity index is 1160. The van der Waals surface area contributed by atoms with E-state index in [2.05, 4.69) is 55.4 Å². The van der Waals surface area contributed by atoms with Crippen LogP contribution in [0.3, 0.4) is 0 Å². The van der Waals surface area contributed by atoms with E-state index in [-0.39, 0.29) is 5.91 Å². The van der Waals surface area contributed by atoms with Crippen molar-refractivity contribution in [1.29, 1.82) is 0 Å². The zero-order chi connectivity index (χ0) is 23.8. The maximum atomic E-state index is 11.2.